The van der Waals surface area contributed by atoms with Crippen molar-refractivity contribution in [2.45, 2.75) is 33.1 Å². The predicted molar refractivity (Wildman–Crippen MR) is 124 cm³/mol. The molecule has 0 N–H and O–H groups in total. The Morgan fingerprint density at radius 1 is 1.15 bits per heavy atom. The highest BCUT2D eigenvalue weighted by Crippen LogP contribution is 2.33. The molecule has 0 atom stereocenters. The maximum absolute atomic E-state index is 14.7. The zero-order chi connectivity index (χ0) is 23.8. The summed E-state index contributed by atoms with van der Waals surface area (Å²) in [6.07, 6.45) is 4.28. The molecule has 33 heavy (non-hydrogen) atoms. The lowest BCUT2D eigenvalue weighted by Gasteiger charge is -2.15. The zero-order valence-electron chi connectivity index (χ0n) is 19.1. The van der Waals surface area contributed by atoms with E-state index in [1.165, 1.54) is 14.2 Å². The Morgan fingerprint density at radius 3 is 2.52 bits per heavy atom. The summed E-state index contributed by atoms with van der Waals surface area (Å²) in [6.45, 7) is 10.8. The van der Waals surface area contributed by atoms with Gasteiger partial charge in [0.2, 0.25) is 11.8 Å². The van der Waals surface area contributed by atoms with Crippen molar-refractivity contribution >= 4 is 17.2 Å². The van der Waals surface area contributed by atoms with Crippen LogP contribution in [-0.4, -0.2) is 30.4 Å². The number of unbranched alkanes of at least 4 members (excludes halogenated alkanes) is 1. The van der Waals surface area contributed by atoms with Crippen molar-refractivity contribution in [2.24, 2.45) is 5.16 Å². The molecule has 3 rings (SSSR count). The molecule has 0 aliphatic rings. The maximum atomic E-state index is 14.7. The molecular weight excluding hydrogens is 423 g/mol. The molecule has 8 heteroatoms. The maximum Gasteiger partial charge on any atom is 0.260 e. The lowest BCUT2D eigenvalue weighted by molar-refractivity contribution is 0.209. The van der Waals surface area contributed by atoms with E-state index in [-0.39, 0.29) is 5.56 Å². The van der Waals surface area contributed by atoms with E-state index in [1.807, 2.05) is 25.1 Å². The molecule has 1 heterocycles. The van der Waals surface area contributed by atoms with Crippen molar-refractivity contribution in [1.29, 1.82) is 0 Å². The zero-order valence-corrected chi connectivity index (χ0v) is 19.1. The van der Waals surface area contributed by atoms with E-state index >= 15 is 0 Å². The monoisotopic (exact) mass is 448 g/mol. The third kappa shape index (κ3) is 5.83. The van der Waals surface area contributed by atoms with E-state index in [1.54, 1.807) is 25.1 Å². The minimum Gasteiger partial charge on any atom is -0.496 e. The van der Waals surface area contributed by atoms with Gasteiger partial charge in [-0.1, -0.05) is 35.5 Å². The number of aryl methyl sites for hydroxylation is 3. The number of methoxy groups -OCH3 is 1. The fraction of sp³-hybridized carbons (Fsp3) is 0.280. The van der Waals surface area contributed by atoms with Crippen LogP contribution in [0, 0.1) is 20.4 Å². The third-order valence-corrected chi connectivity index (χ3v) is 5.00. The topological polar surface area (TPSA) is 74.1 Å². The van der Waals surface area contributed by atoms with Crippen molar-refractivity contribution in [1.82, 2.24) is 10.2 Å². The van der Waals surface area contributed by atoms with Gasteiger partial charge in [-0.3, -0.25) is 0 Å². The summed E-state index contributed by atoms with van der Waals surface area (Å²) < 4.78 is 25.5. The Bertz CT molecular complexity index is 1210. The minimum atomic E-state index is -0.770. The molecule has 0 spiro atoms. The van der Waals surface area contributed by atoms with Crippen molar-refractivity contribution < 1.29 is 18.4 Å². The molecule has 0 saturated carbocycles. The second kappa shape index (κ2) is 11.0. The molecule has 3 aromatic rings. The summed E-state index contributed by atoms with van der Waals surface area (Å²) in [6, 6.07) is 10.9. The molecule has 0 fully saturated rings. The number of rotatable bonds is 9. The van der Waals surface area contributed by atoms with Crippen molar-refractivity contribution in [2.75, 3.05) is 14.2 Å². The van der Waals surface area contributed by atoms with Crippen molar-refractivity contribution in [3.63, 3.8) is 0 Å². The van der Waals surface area contributed by atoms with Gasteiger partial charge in [-0.2, -0.15) is 4.39 Å². The second-order valence-corrected chi connectivity index (χ2v) is 7.32. The summed E-state index contributed by atoms with van der Waals surface area (Å²) >= 11 is 0. The molecule has 0 unspecified atom stereocenters. The van der Waals surface area contributed by atoms with E-state index in [0.29, 0.717) is 29.6 Å². The smallest absolute Gasteiger partial charge is 0.260 e. The molecule has 7 nitrogen and oxygen atoms in total. The normalized spacial score (nSPS) is 11.9. The van der Waals surface area contributed by atoms with E-state index in [9.17, 15) is 4.39 Å². The van der Waals surface area contributed by atoms with Gasteiger partial charge in [0.05, 0.1) is 19.2 Å². The van der Waals surface area contributed by atoms with E-state index < -0.39 is 5.97 Å². The van der Waals surface area contributed by atoms with Crippen molar-refractivity contribution in [3.05, 3.63) is 87.9 Å². The van der Waals surface area contributed by atoms with E-state index in [4.69, 9.17) is 15.7 Å². The van der Waals surface area contributed by atoms with E-state index in [2.05, 4.69) is 31.1 Å². The van der Waals surface area contributed by atoms with Gasteiger partial charge in [0.15, 0.2) is 5.69 Å². The quantitative estimate of drug-likeness (QED) is 0.174. The molecule has 0 aliphatic carbocycles. The summed E-state index contributed by atoms with van der Waals surface area (Å²) in [5, 5.41) is 11.3. The number of allylic oxidation sites excluding steroid dienone is 1. The van der Waals surface area contributed by atoms with E-state index in [0.717, 1.165) is 35.1 Å². The highest BCUT2D eigenvalue weighted by atomic mass is 19.1. The molecule has 0 radical (unpaired) electrons. The SMILES string of the molecule is [C-]#[N+]c1ccc(/C(=C/CCCc2nnc(C)o2)c2cc(C)c(OC)c(/C(F)=N/OC)c2)cc1. The molecule has 0 saturated heterocycles. The van der Waals surface area contributed by atoms with Crippen LogP contribution in [0.2, 0.25) is 0 Å². The average molecular weight is 448 g/mol. The number of halogens is 1. The number of oxime groups is 1. The summed E-state index contributed by atoms with van der Waals surface area (Å²) in [5.41, 5.74) is 4.14. The molecule has 2 aromatic carbocycles. The van der Waals surface area contributed by atoms with Gasteiger partial charge in [-0.25, -0.2) is 4.85 Å². The Kier molecular flexibility index (Phi) is 7.92. The Labute approximate surface area is 192 Å². The van der Waals surface area contributed by atoms with Gasteiger partial charge in [-0.15, -0.1) is 10.2 Å². The third-order valence-electron chi connectivity index (χ3n) is 5.00. The number of ether oxygens (including phenoxy) is 1. The Hall–Kier alpha value is -3.99. The predicted octanol–water partition coefficient (Wildman–Crippen LogP) is 5.98. The van der Waals surface area contributed by atoms with Crippen LogP contribution in [0.1, 0.15) is 46.9 Å². The first-order valence-electron chi connectivity index (χ1n) is 10.4. The fourth-order valence-electron chi connectivity index (χ4n) is 3.54. The van der Waals surface area contributed by atoms with Crippen LogP contribution in [0.3, 0.4) is 0 Å². The minimum absolute atomic E-state index is 0.208. The second-order valence-electron chi connectivity index (χ2n) is 7.32. The molecule has 0 bridgehead atoms. The van der Waals surface area contributed by atoms with Gasteiger partial charge in [0.1, 0.15) is 12.9 Å². The first kappa shape index (κ1) is 23.7. The van der Waals surface area contributed by atoms with Gasteiger partial charge in [-0.05, 0) is 54.2 Å². The number of nitrogens with zero attached hydrogens (tertiary/aromatic N) is 4. The summed E-state index contributed by atoms with van der Waals surface area (Å²) in [5.74, 6) is 0.770. The number of aromatic nitrogens is 2. The number of hydrogen-bond donors (Lipinski definition) is 0. The van der Waals surface area contributed by atoms with Crippen LogP contribution in [0.25, 0.3) is 10.4 Å². The average Bonchev–Trinajstić information content (AvgIpc) is 3.23. The first-order chi connectivity index (χ1) is 16.0. The van der Waals surface area contributed by atoms with Crippen LogP contribution >= 0.6 is 0 Å². The van der Waals surface area contributed by atoms with Gasteiger partial charge >= 0.3 is 0 Å². The largest absolute Gasteiger partial charge is 0.496 e. The molecule has 0 aliphatic heterocycles. The Morgan fingerprint density at radius 2 is 1.91 bits per heavy atom. The van der Waals surface area contributed by atoms with Gasteiger partial charge in [0, 0.05) is 13.3 Å². The lowest BCUT2D eigenvalue weighted by atomic mass is 9.93. The number of hydrogen-bond acceptors (Lipinski definition) is 6. The van der Waals surface area contributed by atoms with Crippen molar-refractivity contribution in [3.8, 4) is 5.75 Å². The van der Waals surface area contributed by atoms with Crippen LogP contribution in [0.5, 0.6) is 5.75 Å². The van der Waals surface area contributed by atoms with Crippen LogP contribution in [0.4, 0.5) is 10.1 Å². The first-order valence-corrected chi connectivity index (χ1v) is 10.4. The highest BCUT2D eigenvalue weighted by molar-refractivity contribution is 5.98. The van der Waals surface area contributed by atoms with Gasteiger partial charge in [0.25, 0.3) is 5.97 Å². The Balaban J connectivity index is 2.00. The molecule has 170 valence electrons. The molecule has 1 aromatic heterocycles. The highest BCUT2D eigenvalue weighted by Gasteiger charge is 2.17. The van der Waals surface area contributed by atoms with Gasteiger partial charge < -0.3 is 14.0 Å². The number of benzene rings is 2. The molecule has 0 amide bonds. The van der Waals surface area contributed by atoms with Crippen LogP contribution in [-0.2, 0) is 11.3 Å². The van der Waals surface area contributed by atoms with Crippen LogP contribution in [0.15, 0.2) is 52.0 Å². The summed E-state index contributed by atoms with van der Waals surface area (Å²) in [7, 11) is 2.78. The summed E-state index contributed by atoms with van der Waals surface area (Å²) in [4.78, 5) is 8.09. The lowest BCUT2D eigenvalue weighted by Crippen LogP contribution is -2.03. The fourth-order valence-corrected chi connectivity index (χ4v) is 3.54. The van der Waals surface area contributed by atoms with Crippen LogP contribution < -0.4 is 4.74 Å². The molecular formula is C25H25FN4O3. The standard InChI is InChI=1S/C25H25FN4O3/c1-16-14-19(15-22(24(16)31-4)25(26)30-32-5)21(18-10-12-20(27-3)13-11-18)8-6-7-9-23-29-28-17(2)33-23/h8,10-15H,6-7,9H2,1-2,4-5H3/b21-8-,30-25-.